The molecule has 0 bridgehead atoms. The highest BCUT2D eigenvalue weighted by atomic mass is 16.5. The Bertz CT molecular complexity index is 619. The molecule has 2 aromatic carbocycles. The highest BCUT2D eigenvalue weighted by Crippen LogP contribution is 2.45. The maximum Gasteiger partial charge on any atom is 0.217 e. The van der Waals surface area contributed by atoms with Crippen LogP contribution in [0.3, 0.4) is 0 Å². The standard InChI is InChI=1S/C21H25NO2/c1-14-19(22-16(3)23)15(2)21(18-12-8-5-9-13-18)24-20(14)17-10-6-4-7-11-17/h4-15,19-21H,1-3H3,(H,22,23)/t14-,15+,19?,20-,21+. The number of ether oxygens (including phenoxy) is 1. The predicted octanol–water partition coefficient (Wildman–Crippen LogP) is 4.28. The third-order valence-corrected chi connectivity index (χ3v) is 5.01. The first kappa shape index (κ1) is 16.7. The quantitative estimate of drug-likeness (QED) is 0.916. The molecular weight excluding hydrogens is 298 g/mol. The number of hydrogen-bond donors (Lipinski definition) is 1. The molecule has 1 unspecified atom stereocenters. The van der Waals surface area contributed by atoms with Crippen molar-refractivity contribution in [3.8, 4) is 0 Å². The lowest BCUT2D eigenvalue weighted by Crippen LogP contribution is -2.50. The van der Waals surface area contributed by atoms with Crippen LogP contribution in [0.25, 0.3) is 0 Å². The van der Waals surface area contributed by atoms with Gasteiger partial charge >= 0.3 is 0 Å². The number of carbonyl (C=O) groups is 1. The van der Waals surface area contributed by atoms with Gasteiger partial charge in [0.15, 0.2) is 0 Å². The van der Waals surface area contributed by atoms with Crippen molar-refractivity contribution >= 4 is 5.91 Å². The van der Waals surface area contributed by atoms with Gasteiger partial charge in [-0.2, -0.15) is 0 Å². The van der Waals surface area contributed by atoms with Gasteiger partial charge in [-0.05, 0) is 11.1 Å². The third kappa shape index (κ3) is 3.36. The van der Waals surface area contributed by atoms with Crippen LogP contribution in [0, 0.1) is 11.8 Å². The molecule has 1 aliphatic rings. The van der Waals surface area contributed by atoms with Crippen LogP contribution >= 0.6 is 0 Å². The van der Waals surface area contributed by atoms with Crippen LogP contribution in [-0.2, 0) is 9.53 Å². The van der Waals surface area contributed by atoms with Crippen molar-refractivity contribution < 1.29 is 9.53 Å². The normalized spacial score (nSPS) is 29.9. The summed E-state index contributed by atoms with van der Waals surface area (Å²) in [6.07, 6.45) is -0.0751. The summed E-state index contributed by atoms with van der Waals surface area (Å²) in [7, 11) is 0. The van der Waals surface area contributed by atoms with Crippen LogP contribution in [0.2, 0.25) is 0 Å². The first-order valence-corrected chi connectivity index (χ1v) is 8.60. The van der Waals surface area contributed by atoms with E-state index in [4.69, 9.17) is 4.74 Å². The van der Waals surface area contributed by atoms with Crippen LogP contribution in [0.1, 0.15) is 44.1 Å². The molecule has 2 aromatic rings. The van der Waals surface area contributed by atoms with Crippen molar-refractivity contribution in [2.45, 2.75) is 39.0 Å². The zero-order valence-corrected chi connectivity index (χ0v) is 14.5. The fourth-order valence-electron chi connectivity index (χ4n) is 3.81. The van der Waals surface area contributed by atoms with Crippen LogP contribution in [-0.4, -0.2) is 11.9 Å². The molecule has 0 aliphatic carbocycles. The fraction of sp³-hybridized carbons (Fsp3) is 0.381. The van der Waals surface area contributed by atoms with Gasteiger partial charge in [-0.25, -0.2) is 0 Å². The molecule has 1 aliphatic heterocycles. The Labute approximate surface area is 144 Å². The molecule has 24 heavy (non-hydrogen) atoms. The van der Waals surface area contributed by atoms with Crippen molar-refractivity contribution in [1.82, 2.24) is 5.32 Å². The maximum absolute atomic E-state index is 11.7. The monoisotopic (exact) mass is 323 g/mol. The minimum atomic E-state index is -0.0375. The molecule has 126 valence electrons. The van der Waals surface area contributed by atoms with Crippen molar-refractivity contribution in [2.75, 3.05) is 0 Å². The Morgan fingerprint density at radius 3 is 1.62 bits per heavy atom. The summed E-state index contributed by atoms with van der Waals surface area (Å²) < 4.78 is 6.54. The van der Waals surface area contributed by atoms with E-state index in [2.05, 4.69) is 43.4 Å². The summed E-state index contributed by atoms with van der Waals surface area (Å²) >= 11 is 0. The molecule has 0 saturated carbocycles. The number of rotatable bonds is 3. The summed E-state index contributed by atoms with van der Waals surface area (Å²) in [4.78, 5) is 11.7. The molecule has 1 fully saturated rings. The van der Waals surface area contributed by atoms with Crippen LogP contribution < -0.4 is 5.32 Å². The largest absolute Gasteiger partial charge is 0.365 e. The Balaban J connectivity index is 1.97. The maximum atomic E-state index is 11.7. The highest BCUT2D eigenvalue weighted by molar-refractivity contribution is 5.73. The highest BCUT2D eigenvalue weighted by Gasteiger charge is 2.42. The second kappa shape index (κ2) is 7.18. The van der Waals surface area contributed by atoms with Crippen molar-refractivity contribution in [3.63, 3.8) is 0 Å². The lowest BCUT2D eigenvalue weighted by Gasteiger charge is -2.45. The summed E-state index contributed by atoms with van der Waals surface area (Å²) in [6, 6.07) is 20.7. The van der Waals surface area contributed by atoms with Gasteiger partial charge in [0.1, 0.15) is 0 Å². The van der Waals surface area contributed by atoms with E-state index in [0.717, 1.165) is 11.1 Å². The van der Waals surface area contributed by atoms with E-state index in [1.807, 2.05) is 36.4 Å². The number of hydrogen-bond acceptors (Lipinski definition) is 2. The second-order valence-electron chi connectivity index (χ2n) is 6.74. The molecular formula is C21H25NO2. The van der Waals surface area contributed by atoms with E-state index in [1.165, 1.54) is 0 Å². The average molecular weight is 323 g/mol. The first-order chi connectivity index (χ1) is 11.6. The van der Waals surface area contributed by atoms with Gasteiger partial charge in [0.25, 0.3) is 0 Å². The summed E-state index contributed by atoms with van der Waals surface area (Å²) in [6.45, 7) is 5.91. The fourth-order valence-corrected chi connectivity index (χ4v) is 3.81. The van der Waals surface area contributed by atoms with Gasteiger partial charge in [-0.15, -0.1) is 0 Å². The van der Waals surface area contributed by atoms with Crippen molar-refractivity contribution in [2.24, 2.45) is 11.8 Å². The molecule has 0 spiro atoms. The van der Waals surface area contributed by atoms with E-state index in [-0.39, 0.29) is 36.0 Å². The van der Waals surface area contributed by atoms with Gasteiger partial charge < -0.3 is 10.1 Å². The summed E-state index contributed by atoms with van der Waals surface area (Å²) in [5.41, 5.74) is 2.32. The Morgan fingerprint density at radius 1 is 0.833 bits per heavy atom. The summed E-state index contributed by atoms with van der Waals surface area (Å²) in [5.74, 6) is 0.414. The lowest BCUT2D eigenvalue weighted by molar-refractivity contribution is -0.139. The third-order valence-electron chi connectivity index (χ3n) is 5.01. The number of carbonyl (C=O) groups excluding carboxylic acids is 1. The molecule has 5 atom stereocenters. The Kier molecular flexibility index (Phi) is 5.00. The Morgan fingerprint density at radius 2 is 1.25 bits per heavy atom. The molecule has 1 heterocycles. The molecule has 0 radical (unpaired) electrons. The van der Waals surface area contributed by atoms with Gasteiger partial charge in [0, 0.05) is 24.8 Å². The smallest absolute Gasteiger partial charge is 0.217 e. The van der Waals surface area contributed by atoms with E-state index in [0.29, 0.717) is 0 Å². The number of benzene rings is 2. The minimum Gasteiger partial charge on any atom is -0.365 e. The van der Waals surface area contributed by atoms with Crippen molar-refractivity contribution in [3.05, 3.63) is 71.8 Å². The van der Waals surface area contributed by atoms with Crippen LogP contribution in [0.5, 0.6) is 0 Å². The van der Waals surface area contributed by atoms with E-state index in [9.17, 15) is 4.79 Å². The molecule has 3 heteroatoms. The second-order valence-corrected chi connectivity index (χ2v) is 6.74. The molecule has 1 amide bonds. The molecule has 1 saturated heterocycles. The first-order valence-electron chi connectivity index (χ1n) is 8.60. The van der Waals surface area contributed by atoms with Crippen LogP contribution in [0.4, 0.5) is 0 Å². The topological polar surface area (TPSA) is 38.3 Å². The van der Waals surface area contributed by atoms with E-state index >= 15 is 0 Å². The van der Waals surface area contributed by atoms with Gasteiger partial charge in [-0.3, -0.25) is 4.79 Å². The molecule has 3 rings (SSSR count). The van der Waals surface area contributed by atoms with Crippen LogP contribution in [0.15, 0.2) is 60.7 Å². The SMILES string of the molecule is CC(=O)NC1[C@@H](C)[C@H](c2ccccc2)O[C@H](c2ccccc2)[C@H]1C. The van der Waals surface area contributed by atoms with Crippen molar-refractivity contribution in [1.29, 1.82) is 0 Å². The van der Waals surface area contributed by atoms with Gasteiger partial charge in [0.05, 0.1) is 12.2 Å². The zero-order chi connectivity index (χ0) is 17.1. The molecule has 1 N–H and O–H groups in total. The van der Waals surface area contributed by atoms with Gasteiger partial charge in [-0.1, -0.05) is 74.5 Å². The average Bonchev–Trinajstić information content (AvgIpc) is 2.60. The number of nitrogens with one attached hydrogen (secondary N) is 1. The molecule has 0 aromatic heterocycles. The Hall–Kier alpha value is -2.13. The summed E-state index contributed by atoms with van der Waals surface area (Å²) in [5, 5.41) is 3.16. The van der Waals surface area contributed by atoms with E-state index < -0.39 is 0 Å². The molecule has 3 nitrogen and oxygen atoms in total. The minimum absolute atomic E-state index is 0.0132. The zero-order valence-electron chi connectivity index (χ0n) is 14.5. The number of amides is 1. The predicted molar refractivity (Wildman–Crippen MR) is 95.4 cm³/mol. The van der Waals surface area contributed by atoms with E-state index in [1.54, 1.807) is 6.92 Å². The lowest BCUT2D eigenvalue weighted by atomic mass is 9.77. The van der Waals surface area contributed by atoms with Gasteiger partial charge in [0.2, 0.25) is 5.91 Å².